The van der Waals surface area contributed by atoms with E-state index in [9.17, 15) is 0 Å². The molecular weight excluding hydrogens is 292 g/mol. The lowest BCUT2D eigenvalue weighted by atomic mass is 9.64. The molecule has 0 saturated carbocycles. The van der Waals surface area contributed by atoms with Crippen LogP contribution in [0, 0.1) is 0 Å². The third kappa shape index (κ3) is 2.89. The van der Waals surface area contributed by atoms with Crippen LogP contribution < -0.4 is 10.6 Å². The van der Waals surface area contributed by atoms with Crippen molar-refractivity contribution in [2.45, 2.75) is 50.1 Å². The van der Waals surface area contributed by atoms with Gasteiger partial charge in [0.2, 0.25) is 0 Å². The van der Waals surface area contributed by atoms with Gasteiger partial charge in [0, 0.05) is 12.1 Å². The van der Waals surface area contributed by atoms with Crippen LogP contribution in [0.1, 0.15) is 61.4 Å². The minimum atomic E-state index is 0.381. The van der Waals surface area contributed by atoms with Crippen LogP contribution in [0.25, 0.3) is 0 Å². The quantitative estimate of drug-likeness (QED) is 0.870. The van der Waals surface area contributed by atoms with Crippen molar-refractivity contribution in [2.75, 3.05) is 13.1 Å². The SMILES string of the molecule is C[C@H](NC1CCC2(CCNCC2)c2ccccc21)c1ccccc1. The molecule has 2 atom stereocenters. The summed E-state index contributed by atoms with van der Waals surface area (Å²) >= 11 is 0. The molecule has 0 amide bonds. The second kappa shape index (κ2) is 6.70. The van der Waals surface area contributed by atoms with Crippen molar-refractivity contribution in [3.63, 3.8) is 0 Å². The predicted octanol–water partition coefficient (Wildman–Crippen LogP) is 4.49. The Hall–Kier alpha value is -1.64. The average Bonchev–Trinajstić information content (AvgIpc) is 2.66. The summed E-state index contributed by atoms with van der Waals surface area (Å²) in [4.78, 5) is 0. The smallest absolute Gasteiger partial charge is 0.0328 e. The molecule has 0 bridgehead atoms. The Morgan fingerprint density at radius 3 is 2.46 bits per heavy atom. The molecule has 1 saturated heterocycles. The highest BCUT2D eigenvalue weighted by Gasteiger charge is 2.40. The predicted molar refractivity (Wildman–Crippen MR) is 100 cm³/mol. The van der Waals surface area contributed by atoms with Crippen molar-refractivity contribution >= 4 is 0 Å². The Bertz CT molecular complexity index is 673. The molecule has 1 aliphatic carbocycles. The zero-order valence-corrected chi connectivity index (χ0v) is 14.6. The molecule has 2 aliphatic rings. The standard InChI is InChI=1S/C22H28N2/c1-17(18-7-3-2-4-8-18)24-21-11-12-22(13-15-23-16-14-22)20-10-6-5-9-19(20)21/h2-10,17,21,23-24H,11-16H2,1H3/t17-,21?/m0/s1. The minimum Gasteiger partial charge on any atom is -0.317 e. The summed E-state index contributed by atoms with van der Waals surface area (Å²) in [6.07, 6.45) is 5.12. The first-order valence-electron chi connectivity index (χ1n) is 9.40. The minimum absolute atomic E-state index is 0.381. The van der Waals surface area contributed by atoms with Gasteiger partial charge in [-0.15, -0.1) is 0 Å². The van der Waals surface area contributed by atoms with Gasteiger partial charge in [0.15, 0.2) is 0 Å². The lowest BCUT2D eigenvalue weighted by Crippen LogP contribution is -2.44. The van der Waals surface area contributed by atoms with Gasteiger partial charge >= 0.3 is 0 Å². The topological polar surface area (TPSA) is 24.1 Å². The summed E-state index contributed by atoms with van der Waals surface area (Å²) in [6.45, 7) is 4.60. The number of piperidine rings is 1. The lowest BCUT2D eigenvalue weighted by Gasteiger charge is -2.45. The van der Waals surface area contributed by atoms with E-state index in [-0.39, 0.29) is 0 Å². The molecule has 1 unspecified atom stereocenters. The van der Waals surface area contributed by atoms with Crippen LogP contribution in [-0.2, 0) is 5.41 Å². The summed E-state index contributed by atoms with van der Waals surface area (Å²) in [5.41, 5.74) is 4.93. The second-order valence-electron chi connectivity index (χ2n) is 7.51. The van der Waals surface area contributed by atoms with Crippen LogP contribution >= 0.6 is 0 Å². The Morgan fingerprint density at radius 2 is 1.67 bits per heavy atom. The highest BCUT2D eigenvalue weighted by molar-refractivity contribution is 5.40. The summed E-state index contributed by atoms with van der Waals surface area (Å²) in [6, 6.07) is 20.8. The van der Waals surface area contributed by atoms with Crippen LogP contribution in [0.3, 0.4) is 0 Å². The second-order valence-corrected chi connectivity index (χ2v) is 7.51. The van der Waals surface area contributed by atoms with Gasteiger partial charge in [-0.2, -0.15) is 0 Å². The fourth-order valence-electron chi connectivity index (χ4n) is 4.73. The third-order valence-corrected chi connectivity index (χ3v) is 6.13. The molecule has 0 radical (unpaired) electrons. The van der Waals surface area contributed by atoms with E-state index >= 15 is 0 Å². The normalized spacial score (nSPS) is 23.6. The van der Waals surface area contributed by atoms with E-state index in [0.717, 1.165) is 13.1 Å². The van der Waals surface area contributed by atoms with Crippen molar-refractivity contribution in [3.05, 3.63) is 71.3 Å². The van der Waals surface area contributed by atoms with Crippen molar-refractivity contribution in [3.8, 4) is 0 Å². The highest BCUT2D eigenvalue weighted by Crippen LogP contribution is 2.47. The van der Waals surface area contributed by atoms with Crippen LogP contribution in [0.2, 0.25) is 0 Å². The third-order valence-electron chi connectivity index (χ3n) is 6.13. The van der Waals surface area contributed by atoms with Gasteiger partial charge in [-0.25, -0.2) is 0 Å². The van der Waals surface area contributed by atoms with E-state index in [1.54, 1.807) is 5.56 Å². The van der Waals surface area contributed by atoms with Crippen molar-refractivity contribution in [2.24, 2.45) is 0 Å². The molecule has 2 N–H and O–H groups in total. The molecule has 1 spiro atoms. The maximum Gasteiger partial charge on any atom is 0.0328 e. The molecule has 0 aromatic heterocycles. The first kappa shape index (κ1) is 15.9. The molecule has 1 aliphatic heterocycles. The summed E-state index contributed by atoms with van der Waals surface area (Å²) in [5, 5.41) is 7.43. The number of hydrogen-bond donors (Lipinski definition) is 2. The van der Waals surface area contributed by atoms with Crippen LogP contribution in [0.15, 0.2) is 54.6 Å². The summed E-state index contributed by atoms with van der Waals surface area (Å²) in [7, 11) is 0. The molecule has 2 aromatic carbocycles. The lowest BCUT2D eigenvalue weighted by molar-refractivity contribution is 0.241. The number of fused-ring (bicyclic) bond motifs is 2. The van der Waals surface area contributed by atoms with Gasteiger partial charge in [-0.05, 0) is 67.8 Å². The first-order valence-corrected chi connectivity index (χ1v) is 9.40. The largest absolute Gasteiger partial charge is 0.317 e. The zero-order chi connectivity index (χ0) is 16.4. The zero-order valence-electron chi connectivity index (χ0n) is 14.6. The van der Waals surface area contributed by atoms with Gasteiger partial charge in [0.25, 0.3) is 0 Å². The van der Waals surface area contributed by atoms with Crippen molar-refractivity contribution in [1.82, 2.24) is 10.6 Å². The molecule has 1 fully saturated rings. The van der Waals surface area contributed by atoms with E-state index in [4.69, 9.17) is 0 Å². The first-order chi connectivity index (χ1) is 11.8. The van der Waals surface area contributed by atoms with Crippen molar-refractivity contribution in [1.29, 1.82) is 0 Å². The highest BCUT2D eigenvalue weighted by atomic mass is 15.0. The Labute approximate surface area is 145 Å². The van der Waals surface area contributed by atoms with Crippen LogP contribution in [-0.4, -0.2) is 13.1 Å². The van der Waals surface area contributed by atoms with Gasteiger partial charge < -0.3 is 10.6 Å². The average molecular weight is 320 g/mol. The van der Waals surface area contributed by atoms with Gasteiger partial charge in [-0.1, -0.05) is 54.6 Å². The van der Waals surface area contributed by atoms with E-state index in [1.807, 2.05) is 0 Å². The van der Waals surface area contributed by atoms with Gasteiger partial charge in [0.1, 0.15) is 0 Å². The number of hydrogen-bond acceptors (Lipinski definition) is 2. The summed E-state index contributed by atoms with van der Waals surface area (Å²) in [5.74, 6) is 0. The maximum atomic E-state index is 3.90. The molecule has 126 valence electrons. The van der Waals surface area contributed by atoms with E-state index in [2.05, 4.69) is 72.2 Å². The number of nitrogens with one attached hydrogen (secondary N) is 2. The molecule has 24 heavy (non-hydrogen) atoms. The summed E-state index contributed by atoms with van der Waals surface area (Å²) < 4.78 is 0. The van der Waals surface area contributed by atoms with Crippen LogP contribution in [0.4, 0.5) is 0 Å². The Balaban J connectivity index is 1.60. The maximum absolute atomic E-state index is 3.90. The Kier molecular flexibility index (Phi) is 4.43. The molecule has 4 rings (SSSR count). The van der Waals surface area contributed by atoms with Gasteiger partial charge in [0.05, 0.1) is 0 Å². The molecule has 2 nitrogen and oxygen atoms in total. The fraction of sp³-hybridized carbons (Fsp3) is 0.455. The molecule has 2 heteroatoms. The monoisotopic (exact) mass is 320 g/mol. The van der Waals surface area contributed by atoms with E-state index in [1.165, 1.54) is 36.8 Å². The number of rotatable bonds is 3. The molecule has 1 heterocycles. The fourth-order valence-corrected chi connectivity index (χ4v) is 4.73. The molecular formula is C22H28N2. The van der Waals surface area contributed by atoms with E-state index < -0.39 is 0 Å². The van der Waals surface area contributed by atoms with Crippen molar-refractivity contribution < 1.29 is 0 Å². The van der Waals surface area contributed by atoms with Crippen LogP contribution in [0.5, 0.6) is 0 Å². The van der Waals surface area contributed by atoms with Gasteiger partial charge in [-0.3, -0.25) is 0 Å². The number of benzene rings is 2. The van der Waals surface area contributed by atoms with E-state index in [0.29, 0.717) is 17.5 Å². The molecule has 2 aromatic rings. The Morgan fingerprint density at radius 1 is 0.958 bits per heavy atom.